The summed E-state index contributed by atoms with van der Waals surface area (Å²) in [5.74, 6) is 2.14. The number of nitrogens with one attached hydrogen (secondary N) is 1. The summed E-state index contributed by atoms with van der Waals surface area (Å²) >= 11 is 0. The van der Waals surface area contributed by atoms with E-state index in [9.17, 15) is 0 Å². The minimum Gasteiger partial charge on any atom is -0.316 e. The van der Waals surface area contributed by atoms with E-state index in [1.807, 2.05) is 0 Å². The molecule has 1 rings (SSSR count). The van der Waals surface area contributed by atoms with E-state index in [1.165, 1.54) is 12.1 Å². The van der Waals surface area contributed by atoms with Crippen LogP contribution in [0.25, 0.3) is 0 Å². The number of nitrogens with zero attached hydrogens (tertiary/aromatic N) is 2. The van der Waals surface area contributed by atoms with Crippen LogP contribution >= 0.6 is 0 Å². The third-order valence-corrected chi connectivity index (χ3v) is 3.99. The Labute approximate surface area is 131 Å². The predicted molar refractivity (Wildman–Crippen MR) is 91.6 cm³/mol. The maximum Gasteiger partial charge on any atom is 0.0627 e. The van der Waals surface area contributed by atoms with Crippen molar-refractivity contribution in [1.82, 2.24) is 15.1 Å². The summed E-state index contributed by atoms with van der Waals surface area (Å²) in [5, 5.41) is 8.38. The molecule has 0 aromatic carbocycles. The number of hydrogen-bond acceptors (Lipinski definition) is 2. The summed E-state index contributed by atoms with van der Waals surface area (Å²) in [6.45, 7) is 15.8. The fourth-order valence-corrected chi connectivity index (χ4v) is 2.70. The maximum atomic E-state index is 4.76. The zero-order valence-corrected chi connectivity index (χ0v) is 14.9. The van der Waals surface area contributed by atoms with Crippen molar-refractivity contribution in [1.29, 1.82) is 0 Å². The first-order chi connectivity index (χ1) is 9.92. The zero-order chi connectivity index (χ0) is 15.8. The molecule has 0 bridgehead atoms. The lowest BCUT2D eigenvalue weighted by Crippen LogP contribution is -2.28. The molecule has 0 fully saturated rings. The van der Waals surface area contributed by atoms with Gasteiger partial charge in [0.1, 0.15) is 0 Å². The number of hydrogen-bond donors (Lipinski definition) is 1. The van der Waals surface area contributed by atoms with Gasteiger partial charge in [0.25, 0.3) is 0 Å². The average Bonchev–Trinajstić information content (AvgIpc) is 2.85. The first-order valence-electron chi connectivity index (χ1n) is 8.67. The SMILES string of the molecule is CCC(C)n1ccc(CC(CNCC(C)C)CC(C)C)n1. The fraction of sp³-hybridized carbons (Fsp3) is 0.833. The lowest BCUT2D eigenvalue weighted by Gasteiger charge is -2.19. The molecule has 122 valence electrons. The molecule has 3 nitrogen and oxygen atoms in total. The van der Waals surface area contributed by atoms with Crippen LogP contribution in [0.3, 0.4) is 0 Å². The molecule has 3 heteroatoms. The molecule has 0 aliphatic heterocycles. The lowest BCUT2D eigenvalue weighted by molar-refractivity contribution is 0.371. The Balaban J connectivity index is 2.56. The van der Waals surface area contributed by atoms with Crippen molar-refractivity contribution in [2.45, 2.75) is 66.8 Å². The van der Waals surface area contributed by atoms with Gasteiger partial charge in [0.2, 0.25) is 0 Å². The Morgan fingerprint density at radius 1 is 1.10 bits per heavy atom. The number of rotatable bonds is 10. The second-order valence-corrected chi connectivity index (χ2v) is 7.30. The van der Waals surface area contributed by atoms with Crippen molar-refractivity contribution in [3.8, 4) is 0 Å². The number of aromatic nitrogens is 2. The van der Waals surface area contributed by atoms with Crippen molar-refractivity contribution in [3.05, 3.63) is 18.0 Å². The first-order valence-corrected chi connectivity index (χ1v) is 8.67. The largest absolute Gasteiger partial charge is 0.316 e. The van der Waals surface area contributed by atoms with Gasteiger partial charge in [-0.1, -0.05) is 34.6 Å². The van der Waals surface area contributed by atoms with Crippen molar-refractivity contribution in [3.63, 3.8) is 0 Å². The minimum absolute atomic E-state index is 0.501. The summed E-state index contributed by atoms with van der Waals surface area (Å²) in [7, 11) is 0. The second-order valence-electron chi connectivity index (χ2n) is 7.30. The van der Waals surface area contributed by atoms with Crippen molar-refractivity contribution >= 4 is 0 Å². The zero-order valence-electron chi connectivity index (χ0n) is 14.9. The van der Waals surface area contributed by atoms with Gasteiger partial charge in [0, 0.05) is 12.2 Å². The first kappa shape index (κ1) is 18.2. The topological polar surface area (TPSA) is 29.9 Å². The molecule has 0 radical (unpaired) electrons. The highest BCUT2D eigenvalue weighted by atomic mass is 15.3. The second kappa shape index (κ2) is 9.24. The smallest absolute Gasteiger partial charge is 0.0627 e. The van der Waals surface area contributed by atoms with Gasteiger partial charge in [0.15, 0.2) is 0 Å². The van der Waals surface area contributed by atoms with Gasteiger partial charge < -0.3 is 5.32 Å². The monoisotopic (exact) mass is 293 g/mol. The molecule has 0 aliphatic carbocycles. The Morgan fingerprint density at radius 2 is 1.81 bits per heavy atom. The summed E-state index contributed by atoms with van der Waals surface area (Å²) in [6.07, 6.45) is 5.62. The fourth-order valence-electron chi connectivity index (χ4n) is 2.70. The van der Waals surface area contributed by atoms with Gasteiger partial charge >= 0.3 is 0 Å². The standard InChI is InChI=1S/C18H35N3/c1-7-16(6)21-9-8-18(20-21)11-17(10-14(2)3)13-19-12-15(4)5/h8-9,14-17,19H,7,10-13H2,1-6H3. The van der Waals surface area contributed by atoms with E-state index < -0.39 is 0 Å². The van der Waals surface area contributed by atoms with Gasteiger partial charge in [0.05, 0.1) is 5.69 Å². The molecule has 1 N–H and O–H groups in total. The van der Waals surface area contributed by atoms with Crippen LogP contribution in [0.1, 0.15) is 66.1 Å². The van der Waals surface area contributed by atoms with E-state index in [4.69, 9.17) is 5.10 Å². The summed E-state index contributed by atoms with van der Waals surface area (Å²) < 4.78 is 2.11. The predicted octanol–water partition coefficient (Wildman–Crippen LogP) is 4.30. The lowest BCUT2D eigenvalue weighted by atomic mass is 9.92. The highest BCUT2D eigenvalue weighted by molar-refractivity contribution is 5.01. The third kappa shape index (κ3) is 7.12. The highest BCUT2D eigenvalue weighted by Gasteiger charge is 2.14. The van der Waals surface area contributed by atoms with E-state index >= 15 is 0 Å². The molecule has 0 aliphatic rings. The molecular formula is C18H35N3. The summed E-state index contributed by atoms with van der Waals surface area (Å²) in [6, 6.07) is 2.70. The Bertz CT molecular complexity index is 382. The Morgan fingerprint density at radius 3 is 2.38 bits per heavy atom. The molecule has 21 heavy (non-hydrogen) atoms. The maximum absolute atomic E-state index is 4.76. The third-order valence-electron chi connectivity index (χ3n) is 3.99. The van der Waals surface area contributed by atoms with Crippen LogP contribution in [0.2, 0.25) is 0 Å². The minimum atomic E-state index is 0.501. The van der Waals surface area contributed by atoms with E-state index in [-0.39, 0.29) is 0 Å². The van der Waals surface area contributed by atoms with Gasteiger partial charge in [-0.15, -0.1) is 0 Å². The average molecular weight is 293 g/mol. The van der Waals surface area contributed by atoms with Crippen LogP contribution in [0.4, 0.5) is 0 Å². The van der Waals surface area contributed by atoms with Crippen LogP contribution in [0.15, 0.2) is 12.3 Å². The van der Waals surface area contributed by atoms with E-state index in [0.717, 1.165) is 31.8 Å². The van der Waals surface area contributed by atoms with Crippen LogP contribution in [-0.2, 0) is 6.42 Å². The quantitative estimate of drug-likeness (QED) is 0.697. The molecule has 1 aromatic heterocycles. The molecule has 0 amide bonds. The molecule has 0 spiro atoms. The summed E-state index contributed by atoms with van der Waals surface area (Å²) in [5.41, 5.74) is 1.24. The molecular weight excluding hydrogens is 258 g/mol. The Hall–Kier alpha value is -0.830. The summed E-state index contributed by atoms with van der Waals surface area (Å²) in [4.78, 5) is 0. The highest BCUT2D eigenvalue weighted by Crippen LogP contribution is 2.17. The molecule has 2 atom stereocenters. The van der Waals surface area contributed by atoms with Crippen LogP contribution in [0, 0.1) is 17.8 Å². The molecule has 0 saturated carbocycles. The van der Waals surface area contributed by atoms with E-state index in [1.54, 1.807) is 0 Å². The molecule has 2 unspecified atom stereocenters. The molecule has 1 aromatic rings. The molecule has 0 saturated heterocycles. The van der Waals surface area contributed by atoms with Crippen molar-refractivity contribution in [2.24, 2.45) is 17.8 Å². The van der Waals surface area contributed by atoms with Gasteiger partial charge in [-0.25, -0.2) is 0 Å². The van der Waals surface area contributed by atoms with Gasteiger partial charge in [-0.05, 0) is 63.1 Å². The van der Waals surface area contributed by atoms with Crippen LogP contribution in [0.5, 0.6) is 0 Å². The Kier molecular flexibility index (Phi) is 8.02. The van der Waals surface area contributed by atoms with Gasteiger partial charge in [-0.2, -0.15) is 5.10 Å². The molecule has 1 heterocycles. The van der Waals surface area contributed by atoms with Crippen molar-refractivity contribution < 1.29 is 0 Å². The van der Waals surface area contributed by atoms with Crippen molar-refractivity contribution in [2.75, 3.05) is 13.1 Å². The normalized spacial score (nSPS) is 14.9. The van der Waals surface area contributed by atoms with E-state index in [0.29, 0.717) is 17.9 Å². The van der Waals surface area contributed by atoms with E-state index in [2.05, 4.69) is 63.8 Å². The van der Waals surface area contributed by atoms with Crippen LogP contribution in [-0.4, -0.2) is 22.9 Å². The van der Waals surface area contributed by atoms with Crippen LogP contribution < -0.4 is 5.32 Å². The van der Waals surface area contributed by atoms with Gasteiger partial charge in [-0.3, -0.25) is 4.68 Å².